The lowest BCUT2D eigenvalue weighted by atomic mass is 10.1. The molecular weight excluding hydrogens is 391 g/mol. The topological polar surface area (TPSA) is 86.1 Å². The zero-order valence-electron chi connectivity index (χ0n) is 14.2. The fourth-order valence-electron chi connectivity index (χ4n) is 2.89. The minimum absolute atomic E-state index is 0.0615. The quantitative estimate of drug-likeness (QED) is 0.437. The fourth-order valence-corrected chi connectivity index (χ4v) is 3.34. The van der Waals surface area contributed by atoms with Gasteiger partial charge in [0, 0.05) is 24.5 Å². The van der Waals surface area contributed by atoms with E-state index in [1.165, 1.54) is 6.07 Å². The highest BCUT2D eigenvalue weighted by Crippen LogP contribution is 2.34. The molecule has 0 atom stereocenters. The van der Waals surface area contributed by atoms with Crippen molar-refractivity contribution in [1.82, 2.24) is 0 Å². The number of alkyl halides is 3. The summed E-state index contributed by atoms with van der Waals surface area (Å²) in [5, 5.41) is 0.477. The first-order valence-corrected chi connectivity index (χ1v) is 9.48. The Morgan fingerprint density at radius 2 is 1.89 bits per heavy atom. The Bertz CT molecular complexity index is 1010. The summed E-state index contributed by atoms with van der Waals surface area (Å²) in [5.41, 5.74) is -5.22. The molecule has 0 amide bonds. The smallest absolute Gasteiger partial charge is 0.422 e. The lowest BCUT2D eigenvalue weighted by Crippen LogP contribution is -2.37. The van der Waals surface area contributed by atoms with Gasteiger partial charge in [-0.05, 0) is 18.6 Å². The molecular formula is C16H16F3NO6S. The fraction of sp³-hybridized carbons (Fsp3) is 0.438. The second-order valence-electron chi connectivity index (χ2n) is 5.81. The molecule has 1 aromatic heterocycles. The molecule has 0 saturated carbocycles. The molecule has 3 rings (SSSR count). The zero-order valence-corrected chi connectivity index (χ0v) is 15.0. The van der Waals surface area contributed by atoms with Crippen LogP contribution in [0.15, 0.2) is 27.4 Å². The van der Waals surface area contributed by atoms with Crippen molar-refractivity contribution in [3.63, 3.8) is 0 Å². The van der Waals surface area contributed by atoms with E-state index in [1.54, 1.807) is 6.92 Å². The SMILES string of the molecule is CCc1c(N2CCOCC2)c2ccc(OS(=O)(=O)C(F)(F)F)cc2oc1=O. The van der Waals surface area contributed by atoms with E-state index < -0.39 is 27.0 Å². The molecule has 0 bridgehead atoms. The van der Waals surface area contributed by atoms with Crippen molar-refractivity contribution in [1.29, 1.82) is 0 Å². The summed E-state index contributed by atoms with van der Waals surface area (Å²) in [6.45, 7) is 3.79. The van der Waals surface area contributed by atoms with Crippen LogP contribution < -0.4 is 14.7 Å². The van der Waals surface area contributed by atoms with E-state index in [-0.39, 0.29) is 5.58 Å². The molecule has 1 aliphatic rings. The highest BCUT2D eigenvalue weighted by Gasteiger charge is 2.48. The van der Waals surface area contributed by atoms with E-state index in [9.17, 15) is 26.4 Å². The van der Waals surface area contributed by atoms with Crippen molar-refractivity contribution in [2.24, 2.45) is 0 Å². The molecule has 0 radical (unpaired) electrons. The van der Waals surface area contributed by atoms with Crippen LogP contribution in [0, 0.1) is 0 Å². The average molecular weight is 407 g/mol. The number of morpholine rings is 1. The van der Waals surface area contributed by atoms with Crippen molar-refractivity contribution in [2.45, 2.75) is 18.9 Å². The summed E-state index contributed by atoms with van der Waals surface area (Å²) >= 11 is 0. The van der Waals surface area contributed by atoms with Gasteiger partial charge in [-0.15, -0.1) is 0 Å². The second kappa shape index (κ2) is 7.04. The number of nitrogens with zero attached hydrogens (tertiary/aromatic N) is 1. The van der Waals surface area contributed by atoms with E-state index in [2.05, 4.69) is 4.18 Å². The lowest BCUT2D eigenvalue weighted by molar-refractivity contribution is -0.0500. The normalized spacial score (nSPS) is 15.9. The van der Waals surface area contributed by atoms with Crippen LogP contribution >= 0.6 is 0 Å². The van der Waals surface area contributed by atoms with Gasteiger partial charge in [0.05, 0.1) is 24.5 Å². The third-order valence-corrected chi connectivity index (χ3v) is 5.09. The van der Waals surface area contributed by atoms with Gasteiger partial charge in [0.25, 0.3) is 0 Å². The molecule has 2 aromatic rings. The Morgan fingerprint density at radius 1 is 1.22 bits per heavy atom. The van der Waals surface area contributed by atoms with E-state index in [0.29, 0.717) is 49.4 Å². The van der Waals surface area contributed by atoms with E-state index in [1.807, 2.05) is 4.90 Å². The maximum Gasteiger partial charge on any atom is 0.534 e. The van der Waals surface area contributed by atoms with Gasteiger partial charge in [-0.2, -0.15) is 21.6 Å². The number of rotatable bonds is 4. The Hall–Kier alpha value is -2.27. The molecule has 7 nitrogen and oxygen atoms in total. The van der Waals surface area contributed by atoms with Crippen molar-refractivity contribution < 1.29 is 34.9 Å². The first kappa shape index (κ1) is 19.5. The Labute approximate surface area is 152 Å². The largest absolute Gasteiger partial charge is 0.534 e. The molecule has 11 heteroatoms. The van der Waals surface area contributed by atoms with Crippen LogP contribution in [0.4, 0.5) is 18.9 Å². The van der Waals surface area contributed by atoms with Gasteiger partial charge in [-0.25, -0.2) is 4.79 Å². The van der Waals surface area contributed by atoms with Crippen LogP contribution in [0.3, 0.4) is 0 Å². The number of anilines is 1. The monoisotopic (exact) mass is 407 g/mol. The molecule has 0 spiro atoms. The van der Waals surface area contributed by atoms with E-state index in [0.717, 1.165) is 12.1 Å². The number of halogens is 3. The van der Waals surface area contributed by atoms with Crippen LogP contribution in [0.25, 0.3) is 11.0 Å². The first-order valence-electron chi connectivity index (χ1n) is 8.07. The summed E-state index contributed by atoms with van der Waals surface area (Å²) in [7, 11) is -5.82. The number of hydrogen-bond donors (Lipinski definition) is 0. The van der Waals surface area contributed by atoms with Gasteiger partial charge < -0.3 is 18.2 Å². The predicted octanol–water partition coefficient (Wildman–Crippen LogP) is 2.42. The van der Waals surface area contributed by atoms with E-state index in [4.69, 9.17) is 9.15 Å². The van der Waals surface area contributed by atoms with Gasteiger partial charge in [0.1, 0.15) is 11.3 Å². The molecule has 1 fully saturated rings. The molecule has 0 N–H and O–H groups in total. The third kappa shape index (κ3) is 3.74. The van der Waals surface area contributed by atoms with Gasteiger partial charge in [-0.3, -0.25) is 0 Å². The number of hydrogen-bond acceptors (Lipinski definition) is 7. The van der Waals surface area contributed by atoms with Crippen LogP contribution in [-0.2, 0) is 21.3 Å². The third-order valence-electron chi connectivity index (χ3n) is 4.11. The number of ether oxygens (including phenoxy) is 1. The summed E-state index contributed by atoms with van der Waals surface area (Å²) in [6.07, 6.45) is 0.395. The molecule has 0 unspecified atom stereocenters. The van der Waals surface area contributed by atoms with Gasteiger partial charge >= 0.3 is 21.3 Å². The standard InChI is InChI=1S/C16H16F3NO6S/c1-2-11-14(20-5-7-24-8-6-20)12-4-3-10(9-13(12)25-15(11)21)26-27(22,23)16(17,18)19/h3-4,9H,2,5-8H2,1H3. The van der Waals surface area contributed by atoms with Gasteiger partial charge in [0.2, 0.25) is 0 Å². The maximum atomic E-state index is 12.5. The molecule has 27 heavy (non-hydrogen) atoms. The van der Waals surface area contributed by atoms with Gasteiger partial charge in [0.15, 0.2) is 0 Å². The summed E-state index contributed by atoms with van der Waals surface area (Å²) in [4.78, 5) is 14.3. The highest BCUT2D eigenvalue weighted by atomic mass is 32.2. The molecule has 1 aromatic carbocycles. The van der Waals surface area contributed by atoms with Gasteiger partial charge in [-0.1, -0.05) is 6.92 Å². The highest BCUT2D eigenvalue weighted by molar-refractivity contribution is 7.88. The number of benzene rings is 1. The van der Waals surface area contributed by atoms with Crippen molar-refractivity contribution in [2.75, 3.05) is 31.2 Å². The van der Waals surface area contributed by atoms with Crippen molar-refractivity contribution in [3.05, 3.63) is 34.2 Å². The van der Waals surface area contributed by atoms with Crippen LogP contribution in [0.2, 0.25) is 0 Å². The Morgan fingerprint density at radius 3 is 2.48 bits per heavy atom. The summed E-state index contributed by atoms with van der Waals surface area (Å²) < 4.78 is 74.4. The minimum atomic E-state index is -5.82. The molecule has 1 saturated heterocycles. The summed E-state index contributed by atoms with van der Waals surface area (Å²) in [6, 6.07) is 3.43. The van der Waals surface area contributed by atoms with E-state index >= 15 is 0 Å². The molecule has 1 aliphatic heterocycles. The Kier molecular flexibility index (Phi) is 5.08. The summed E-state index contributed by atoms with van der Waals surface area (Å²) in [5.74, 6) is -0.597. The lowest BCUT2D eigenvalue weighted by Gasteiger charge is -2.31. The van der Waals surface area contributed by atoms with Crippen LogP contribution in [0.1, 0.15) is 12.5 Å². The molecule has 148 valence electrons. The van der Waals surface area contributed by atoms with Crippen LogP contribution in [0.5, 0.6) is 5.75 Å². The van der Waals surface area contributed by atoms with Crippen LogP contribution in [-0.4, -0.2) is 40.2 Å². The maximum absolute atomic E-state index is 12.5. The molecule has 2 heterocycles. The second-order valence-corrected chi connectivity index (χ2v) is 7.35. The average Bonchev–Trinajstić information content (AvgIpc) is 2.60. The Balaban J connectivity index is 2.12. The first-order chi connectivity index (χ1) is 12.6. The predicted molar refractivity (Wildman–Crippen MR) is 90.5 cm³/mol. The van der Waals surface area contributed by atoms with Crippen molar-refractivity contribution >= 4 is 26.8 Å². The zero-order chi connectivity index (χ0) is 19.8. The van der Waals surface area contributed by atoms with Crippen molar-refractivity contribution in [3.8, 4) is 5.75 Å². The molecule has 0 aliphatic carbocycles. The minimum Gasteiger partial charge on any atom is -0.422 e. The number of fused-ring (bicyclic) bond motifs is 1.